The fourth-order valence-corrected chi connectivity index (χ4v) is 6.93. The van der Waals surface area contributed by atoms with Crippen molar-refractivity contribution in [2.75, 3.05) is 87.2 Å². The van der Waals surface area contributed by atoms with E-state index in [1.807, 2.05) is 29.0 Å². The first-order valence-electron chi connectivity index (χ1n) is 16.3. The summed E-state index contributed by atoms with van der Waals surface area (Å²) >= 11 is 0. The molecule has 4 rings (SSSR count). The van der Waals surface area contributed by atoms with Gasteiger partial charge in [-0.1, -0.05) is 25.5 Å². The SMILES string of the molecule is CCCCN(CCCC[N+](C)(C)C)C(=O)CN1C[C@H](c2ccc3c(c2)CCO3)[C@@H](C(=O)O)[C@@H]1CCN1CCCN(C)C1=O. The lowest BCUT2D eigenvalue weighted by molar-refractivity contribution is -0.870. The van der Waals surface area contributed by atoms with Gasteiger partial charge in [-0.05, 0) is 49.3 Å². The standard InChI is InChI=1S/C33H53N5O5/c1-6-7-16-35(17-8-9-20-38(3,4)5)30(39)24-37-23-27(25-11-12-29-26(22-25)14-21-43-29)31(32(40)41)28(37)13-19-36-18-10-15-34(2)33(36)42/h11-12,22,27-28,31H,6-10,13-21,23-24H2,1-5H3/p+1/t27-,28+,31-/m1/s1. The summed E-state index contributed by atoms with van der Waals surface area (Å²) in [4.78, 5) is 47.3. The summed E-state index contributed by atoms with van der Waals surface area (Å²) in [6.45, 7) is 7.90. The lowest BCUT2D eigenvalue weighted by Crippen LogP contribution is -2.50. The number of hydrogen-bond donors (Lipinski definition) is 1. The number of likely N-dealkylation sites (tertiary alicyclic amines) is 1. The molecule has 0 bridgehead atoms. The van der Waals surface area contributed by atoms with Crippen molar-refractivity contribution in [3.8, 4) is 5.75 Å². The highest BCUT2D eigenvalue weighted by Crippen LogP contribution is 2.41. The fourth-order valence-electron chi connectivity index (χ4n) is 6.93. The van der Waals surface area contributed by atoms with Gasteiger partial charge in [0.15, 0.2) is 0 Å². The molecule has 1 aromatic carbocycles. The summed E-state index contributed by atoms with van der Waals surface area (Å²) in [7, 11) is 8.37. The van der Waals surface area contributed by atoms with E-state index in [0.29, 0.717) is 32.7 Å². The van der Waals surface area contributed by atoms with Crippen molar-refractivity contribution in [1.82, 2.24) is 19.6 Å². The number of amides is 3. The number of urea groups is 1. The van der Waals surface area contributed by atoms with E-state index in [4.69, 9.17) is 4.74 Å². The first-order chi connectivity index (χ1) is 20.5. The molecule has 240 valence electrons. The number of carbonyl (C=O) groups excluding carboxylic acids is 2. The van der Waals surface area contributed by atoms with Gasteiger partial charge in [-0.2, -0.15) is 0 Å². The van der Waals surface area contributed by atoms with Crippen LogP contribution in [0.15, 0.2) is 18.2 Å². The Morgan fingerprint density at radius 3 is 2.60 bits per heavy atom. The molecule has 2 fully saturated rings. The van der Waals surface area contributed by atoms with Crippen LogP contribution in [0.2, 0.25) is 0 Å². The van der Waals surface area contributed by atoms with Gasteiger partial charge in [-0.3, -0.25) is 14.5 Å². The minimum atomic E-state index is -0.841. The molecule has 0 unspecified atom stereocenters. The van der Waals surface area contributed by atoms with E-state index in [1.54, 1.807) is 4.90 Å². The average Bonchev–Trinajstić information content (AvgIpc) is 3.57. The van der Waals surface area contributed by atoms with Gasteiger partial charge >= 0.3 is 12.0 Å². The van der Waals surface area contributed by atoms with Crippen molar-refractivity contribution in [2.24, 2.45) is 5.92 Å². The number of aliphatic carboxylic acids is 1. The van der Waals surface area contributed by atoms with Crippen molar-refractivity contribution in [1.29, 1.82) is 0 Å². The van der Waals surface area contributed by atoms with E-state index in [1.165, 1.54) is 0 Å². The highest BCUT2D eigenvalue weighted by molar-refractivity contribution is 5.79. The molecule has 0 spiro atoms. The van der Waals surface area contributed by atoms with Gasteiger partial charge in [-0.15, -0.1) is 0 Å². The van der Waals surface area contributed by atoms with Gasteiger partial charge in [0.25, 0.3) is 0 Å². The van der Waals surface area contributed by atoms with E-state index in [9.17, 15) is 19.5 Å². The second kappa shape index (κ2) is 14.8. The van der Waals surface area contributed by atoms with Crippen LogP contribution in [0.25, 0.3) is 0 Å². The summed E-state index contributed by atoms with van der Waals surface area (Å²) in [5.74, 6) is -0.799. The summed E-state index contributed by atoms with van der Waals surface area (Å²) in [5.41, 5.74) is 2.11. The maximum atomic E-state index is 13.9. The molecule has 1 N–H and O–H groups in total. The number of carboxylic acid groups (broad SMARTS) is 1. The molecule has 3 atom stereocenters. The van der Waals surface area contributed by atoms with Crippen molar-refractivity contribution in [2.45, 2.75) is 63.8 Å². The molecule has 3 aliphatic heterocycles. The smallest absolute Gasteiger partial charge is 0.319 e. The van der Waals surface area contributed by atoms with Crippen LogP contribution >= 0.6 is 0 Å². The second-order valence-electron chi connectivity index (χ2n) is 13.7. The van der Waals surface area contributed by atoms with E-state index in [-0.39, 0.29) is 30.4 Å². The highest BCUT2D eigenvalue weighted by Gasteiger charge is 2.47. The van der Waals surface area contributed by atoms with Crippen LogP contribution in [-0.2, 0) is 16.0 Å². The van der Waals surface area contributed by atoms with Crippen LogP contribution in [-0.4, -0.2) is 140 Å². The Labute approximate surface area is 258 Å². The Balaban J connectivity index is 1.54. The fraction of sp³-hybridized carbons (Fsp3) is 0.727. The van der Waals surface area contributed by atoms with Crippen molar-refractivity contribution in [3.05, 3.63) is 29.3 Å². The number of rotatable bonds is 15. The molecular formula is C33H54N5O5+. The molecule has 0 saturated carbocycles. The number of carbonyl (C=O) groups is 3. The molecule has 43 heavy (non-hydrogen) atoms. The zero-order valence-corrected chi connectivity index (χ0v) is 27.1. The molecule has 0 radical (unpaired) electrons. The zero-order chi connectivity index (χ0) is 31.1. The van der Waals surface area contributed by atoms with Crippen LogP contribution < -0.4 is 4.74 Å². The topological polar surface area (TPSA) is 93.6 Å². The maximum absolute atomic E-state index is 13.9. The van der Waals surface area contributed by atoms with Crippen LogP contribution in [0.3, 0.4) is 0 Å². The van der Waals surface area contributed by atoms with Gasteiger partial charge < -0.3 is 29.0 Å². The van der Waals surface area contributed by atoms with Crippen LogP contribution in [0.5, 0.6) is 5.75 Å². The molecular weight excluding hydrogens is 546 g/mol. The number of benzene rings is 1. The van der Waals surface area contributed by atoms with E-state index < -0.39 is 11.9 Å². The summed E-state index contributed by atoms with van der Waals surface area (Å²) < 4.78 is 6.61. The lowest BCUT2D eigenvalue weighted by atomic mass is 9.83. The molecule has 3 heterocycles. The van der Waals surface area contributed by atoms with Crippen molar-refractivity contribution >= 4 is 17.9 Å². The Hall–Kier alpha value is -2.85. The minimum Gasteiger partial charge on any atom is -0.493 e. The third kappa shape index (κ3) is 8.62. The van der Waals surface area contributed by atoms with Gasteiger partial charge in [0.05, 0.1) is 46.8 Å². The first kappa shape index (κ1) is 33.1. The number of ether oxygens (including phenoxy) is 1. The van der Waals surface area contributed by atoms with E-state index >= 15 is 0 Å². The van der Waals surface area contributed by atoms with Crippen LogP contribution in [0.1, 0.15) is 62.5 Å². The predicted octanol–water partition coefficient (Wildman–Crippen LogP) is 3.35. The monoisotopic (exact) mass is 600 g/mol. The number of carboxylic acids is 1. The number of quaternary nitrogens is 1. The Kier molecular flexibility index (Phi) is 11.3. The number of nitrogens with zero attached hydrogens (tertiary/aromatic N) is 5. The second-order valence-corrected chi connectivity index (χ2v) is 13.7. The van der Waals surface area contributed by atoms with Gasteiger partial charge in [-0.25, -0.2) is 4.79 Å². The molecule has 2 saturated heterocycles. The predicted molar refractivity (Wildman–Crippen MR) is 167 cm³/mol. The first-order valence-corrected chi connectivity index (χ1v) is 16.3. The quantitative estimate of drug-likeness (QED) is 0.245. The maximum Gasteiger partial charge on any atom is 0.319 e. The number of unbranched alkanes of at least 4 members (excludes halogenated alkanes) is 2. The molecule has 10 heteroatoms. The number of hydrogen-bond acceptors (Lipinski definition) is 5. The van der Waals surface area contributed by atoms with Crippen LogP contribution in [0, 0.1) is 5.92 Å². The molecule has 10 nitrogen and oxygen atoms in total. The minimum absolute atomic E-state index is 0.00598. The molecule has 3 aliphatic rings. The van der Waals surface area contributed by atoms with Crippen molar-refractivity contribution < 1.29 is 28.7 Å². The summed E-state index contributed by atoms with van der Waals surface area (Å²) in [5, 5.41) is 10.6. The Bertz CT molecular complexity index is 1120. The third-order valence-electron chi connectivity index (χ3n) is 9.37. The largest absolute Gasteiger partial charge is 0.493 e. The number of fused-ring (bicyclic) bond motifs is 1. The van der Waals surface area contributed by atoms with E-state index in [2.05, 4.69) is 39.0 Å². The van der Waals surface area contributed by atoms with Gasteiger partial charge in [0, 0.05) is 64.7 Å². The van der Waals surface area contributed by atoms with Crippen molar-refractivity contribution in [3.63, 3.8) is 0 Å². The molecule has 0 aromatic heterocycles. The Morgan fingerprint density at radius 2 is 1.88 bits per heavy atom. The van der Waals surface area contributed by atoms with Gasteiger partial charge in [0.2, 0.25) is 5.91 Å². The highest BCUT2D eigenvalue weighted by atomic mass is 16.5. The molecule has 1 aromatic rings. The lowest BCUT2D eigenvalue weighted by Gasteiger charge is -2.35. The molecule has 0 aliphatic carbocycles. The summed E-state index contributed by atoms with van der Waals surface area (Å²) in [6, 6.07) is 5.72. The van der Waals surface area contributed by atoms with E-state index in [0.717, 1.165) is 86.1 Å². The Morgan fingerprint density at radius 1 is 1.12 bits per heavy atom. The van der Waals surface area contributed by atoms with Gasteiger partial charge in [0.1, 0.15) is 5.75 Å². The van der Waals surface area contributed by atoms with Crippen LogP contribution in [0.4, 0.5) is 4.79 Å². The zero-order valence-electron chi connectivity index (χ0n) is 27.1. The summed E-state index contributed by atoms with van der Waals surface area (Å²) in [6.07, 6.45) is 6.21. The molecule has 3 amide bonds. The average molecular weight is 601 g/mol. The normalized spacial score (nSPS) is 22.5. The third-order valence-corrected chi connectivity index (χ3v) is 9.37.